The van der Waals surface area contributed by atoms with E-state index in [0.29, 0.717) is 5.41 Å². The van der Waals surface area contributed by atoms with Gasteiger partial charge in [0.05, 0.1) is 6.61 Å². The van der Waals surface area contributed by atoms with Crippen LogP contribution in [0.15, 0.2) is 35.3 Å². The Bertz CT molecular complexity index is 550. The summed E-state index contributed by atoms with van der Waals surface area (Å²) < 4.78 is 11.0. The van der Waals surface area contributed by atoms with Crippen molar-refractivity contribution in [2.75, 3.05) is 46.6 Å². The highest BCUT2D eigenvalue weighted by atomic mass is 127. The molecule has 1 fully saturated rings. The van der Waals surface area contributed by atoms with E-state index in [1.54, 1.807) is 7.11 Å². The Kier molecular flexibility index (Phi) is 14.4. The molecule has 0 atom stereocenters. The van der Waals surface area contributed by atoms with Crippen LogP contribution in [-0.2, 0) is 15.9 Å². The third kappa shape index (κ3) is 10.6. The lowest BCUT2D eigenvalue weighted by atomic mass is 9.67. The zero-order valence-electron chi connectivity index (χ0n) is 18.3. The van der Waals surface area contributed by atoms with E-state index in [0.717, 1.165) is 71.1 Å². The first kappa shape index (κ1) is 26.2. The van der Waals surface area contributed by atoms with Gasteiger partial charge in [0.1, 0.15) is 0 Å². The van der Waals surface area contributed by atoms with E-state index >= 15 is 0 Å². The lowest BCUT2D eigenvalue weighted by molar-refractivity contribution is 0.0778. The number of benzene rings is 1. The molecule has 1 aromatic carbocycles. The molecule has 0 unspecified atom stereocenters. The summed E-state index contributed by atoms with van der Waals surface area (Å²) in [4.78, 5) is 4.85. The van der Waals surface area contributed by atoms with E-state index in [2.05, 4.69) is 41.8 Å². The monoisotopic (exact) mass is 517 g/mol. The van der Waals surface area contributed by atoms with E-state index < -0.39 is 0 Å². The normalized spacial score (nSPS) is 15.3. The van der Waals surface area contributed by atoms with Crippen molar-refractivity contribution in [3.63, 3.8) is 0 Å². The maximum absolute atomic E-state index is 5.76. The number of halogens is 1. The predicted molar refractivity (Wildman–Crippen MR) is 132 cm³/mol. The average molecular weight is 517 g/mol. The van der Waals surface area contributed by atoms with Gasteiger partial charge in [-0.2, -0.15) is 0 Å². The van der Waals surface area contributed by atoms with Gasteiger partial charge in [-0.05, 0) is 56.4 Å². The van der Waals surface area contributed by atoms with Gasteiger partial charge >= 0.3 is 0 Å². The Morgan fingerprint density at radius 1 is 1.07 bits per heavy atom. The molecule has 0 radical (unpaired) electrons. The van der Waals surface area contributed by atoms with Crippen LogP contribution in [0, 0.1) is 5.41 Å². The lowest BCUT2D eigenvalue weighted by Crippen LogP contribution is -2.40. The van der Waals surface area contributed by atoms with E-state index in [1.165, 1.54) is 24.8 Å². The van der Waals surface area contributed by atoms with Crippen LogP contribution in [0.25, 0.3) is 0 Å². The van der Waals surface area contributed by atoms with Crippen LogP contribution in [-0.4, -0.2) is 52.5 Å². The second-order valence-electron chi connectivity index (χ2n) is 7.77. The number of unbranched alkanes of at least 4 members (excludes halogenated alkanes) is 1. The summed E-state index contributed by atoms with van der Waals surface area (Å²) in [5.74, 6) is 0.941. The maximum Gasteiger partial charge on any atom is 0.191 e. The standard InChI is InChI=1S/C23H39N3O2.HI/c1-3-24-22(26-20-23(13-9-14-23)15-19-27-2)25-16-7-8-17-28-18-12-21-10-5-4-6-11-21;/h4-6,10-11H,3,7-9,12-20H2,1-2H3,(H2,24,25,26);1H. The average Bonchev–Trinajstić information content (AvgIpc) is 2.69. The van der Waals surface area contributed by atoms with E-state index in [4.69, 9.17) is 14.5 Å². The zero-order chi connectivity index (χ0) is 19.9. The van der Waals surface area contributed by atoms with Crippen LogP contribution in [0.5, 0.6) is 0 Å². The van der Waals surface area contributed by atoms with Crippen LogP contribution >= 0.6 is 24.0 Å². The molecule has 0 heterocycles. The van der Waals surface area contributed by atoms with Crippen LogP contribution in [0.1, 0.15) is 51.0 Å². The molecule has 6 heteroatoms. The van der Waals surface area contributed by atoms with Crippen molar-refractivity contribution < 1.29 is 9.47 Å². The number of hydrogen-bond acceptors (Lipinski definition) is 3. The third-order valence-electron chi connectivity index (χ3n) is 5.55. The van der Waals surface area contributed by atoms with Crippen LogP contribution in [0.4, 0.5) is 0 Å². The summed E-state index contributed by atoms with van der Waals surface area (Å²) in [6.45, 7) is 7.28. The number of hydrogen-bond donors (Lipinski definition) is 2. The molecule has 0 spiro atoms. The Morgan fingerprint density at radius 3 is 2.52 bits per heavy atom. The molecule has 5 nitrogen and oxygen atoms in total. The van der Waals surface area contributed by atoms with Gasteiger partial charge in [0.25, 0.3) is 0 Å². The summed E-state index contributed by atoms with van der Waals surface area (Å²) in [6.07, 6.45) is 8.14. The quantitative estimate of drug-likeness (QED) is 0.166. The number of methoxy groups -OCH3 is 1. The first-order valence-electron chi connectivity index (χ1n) is 10.9. The van der Waals surface area contributed by atoms with Gasteiger partial charge in [-0.25, -0.2) is 0 Å². The number of nitrogens with zero attached hydrogens (tertiary/aromatic N) is 1. The van der Waals surface area contributed by atoms with Crippen molar-refractivity contribution in [3.8, 4) is 0 Å². The van der Waals surface area contributed by atoms with Gasteiger partial charge in [0.2, 0.25) is 0 Å². The van der Waals surface area contributed by atoms with E-state index in [-0.39, 0.29) is 24.0 Å². The van der Waals surface area contributed by atoms with Gasteiger partial charge < -0.3 is 20.1 Å². The van der Waals surface area contributed by atoms with Gasteiger partial charge in [-0.3, -0.25) is 4.99 Å². The van der Waals surface area contributed by atoms with Gasteiger partial charge in [0.15, 0.2) is 5.96 Å². The third-order valence-corrected chi connectivity index (χ3v) is 5.55. The first-order valence-corrected chi connectivity index (χ1v) is 10.9. The molecule has 0 aliphatic heterocycles. The highest BCUT2D eigenvalue weighted by molar-refractivity contribution is 14.0. The molecule has 2 N–H and O–H groups in total. The number of aliphatic imine (C=N–C) groups is 1. The highest BCUT2D eigenvalue weighted by Gasteiger charge is 2.36. The lowest BCUT2D eigenvalue weighted by Gasteiger charge is -2.40. The van der Waals surface area contributed by atoms with Crippen molar-refractivity contribution >= 4 is 29.9 Å². The molecular formula is C23H40IN3O2. The fourth-order valence-electron chi connectivity index (χ4n) is 3.54. The van der Waals surface area contributed by atoms with Crippen molar-refractivity contribution in [2.24, 2.45) is 10.4 Å². The summed E-state index contributed by atoms with van der Waals surface area (Å²) >= 11 is 0. The highest BCUT2D eigenvalue weighted by Crippen LogP contribution is 2.44. The molecule has 1 saturated carbocycles. The maximum atomic E-state index is 5.76. The fraction of sp³-hybridized carbons (Fsp3) is 0.696. The summed E-state index contributed by atoms with van der Waals surface area (Å²) in [6, 6.07) is 10.5. The molecule has 0 bridgehead atoms. The Labute approximate surface area is 194 Å². The van der Waals surface area contributed by atoms with Gasteiger partial charge in [-0.1, -0.05) is 36.8 Å². The molecule has 2 rings (SSSR count). The second-order valence-corrected chi connectivity index (χ2v) is 7.77. The van der Waals surface area contributed by atoms with Crippen LogP contribution in [0.2, 0.25) is 0 Å². The summed E-state index contributed by atoms with van der Waals surface area (Å²) in [5, 5.41) is 6.83. The molecule has 1 aliphatic carbocycles. The number of rotatable bonds is 14. The molecule has 29 heavy (non-hydrogen) atoms. The van der Waals surface area contributed by atoms with Gasteiger partial charge in [-0.15, -0.1) is 24.0 Å². The van der Waals surface area contributed by atoms with Crippen molar-refractivity contribution in [3.05, 3.63) is 35.9 Å². The Hall–Kier alpha value is -0.860. The number of nitrogens with one attached hydrogen (secondary N) is 2. The van der Waals surface area contributed by atoms with Crippen molar-refractivity contribution in [2.45, 2.75) is 51.9 Å². The smallest absolute Gasteiger partial charge is 0.191 e. The molecule has 1 aliphatic rings. The molecule has 0 aromatic heterocycles. The van der Waals surface area contributed by atoms with Crippen LogP contribution < -0.4 is 10.6 Å². The molecule has 0 amide bonds. The minimum Gasteiger partial charge on any atom is -0.385 e. The summed E-state index contributed by atoms with van der Waals surface area (Å²) in [5.41, 5.74) is 1.70. The minimum atomic E-state index is 0. The molecule has 0 saturated heterocycles. The molecule has 166 valence electrons. The zero-order valence-corrected chi connectivity index (χ0v) is 20.6. The van der Waals surface area contributed by atoms with Crippen molar-refractivity contribution in [1.82, 2.24) is 10.6 Å². The van der Waals surface area contributed by atoms with E-state index in [1.807, 2.05) is 6.07 Å². The van der Waals surface area contributed by atoms with Crippen LogP contribution in [0.3, 0.4) is 0 Å². The number of guanidine groups is 1. The Morgan fingerprint density at radius 2 is 1.86 bits per heavy atom. The SMILES string of the molecule is CCNC(=NCC1(CCOC)CCC1)NCCCCOCCc1ccccc1.I. The first-order chi connectivity index (χ1) is 13.8. The minimum absolute atomic E-state index is 0. The van der Waals surface area contributed by atoms with Gasteiger partial charge in [0, 0.05) is 40.0 Å². The fourth-order valence-corrected chi connectivity index (χ4v) is 3.54. The topological polar surface area (TPSA) is 54.9 Å². The molecular weight excluding hydrogens is 477 g/mol. The van der Waals surface area contributed by atoms with Crippen molar-refractivity contribution in [1.29, 1.82) is 0 Å². The summed E-state index contributed by atoms with van der Waals surface area (Å²) in [7, 11) is 1.78. The number of ether oxygens (including phenoxy) is 2. The second kappa shape index (κ2) is 15.9. The predicted octanol–water partition coefficient (Wildman–Crippen LogP) is 4.41. The Balaban J connectivity index is 0.00000420. The molecule has 1 aromatic rings. The largest absolute Gasteiger partial charge is 0.385 e. The van der Waals surface area contributed by atoms with E-state index in [9.17, 15) is 0 Å².